The Bertz CT molecular complexity index is 353. The smallest absolute Gasteiger partial charge is 0.408 e. The van der Waals surface area contributed by atoms with Crippen LogP contribution >= 0.6 is 0 Å². The van der Waals surface area contributed by atoms with Gasteiger partial charge in [-0.05, 0) is 34.1 Å². The quantitative estimate of drug-likeness (QED) is 0.824. The number of carbonyl (C=O) groups excluding carboxylic acids is 1. The third-order valence-electron chi connectivity index (χ3n) is 2.90. The van der Waals surface area contributed by atoms with Crippen molar-refractivity contribution in [1.29, 1.82) is 0 Å². The number of nitrogens with zero attached hydrogens (tertiary/aromatic N) is 1. The molecule has 1 saturated heterocycles. The largest absolute Gasteiger partial charge is 0.465 e. The molecule has 0 aromatic carbocycles. The second-order valence-electron chi connectivity index (χ2n) is 5.76. The molecule has 7 heteroatoms. The molecule has 0 spiro atoms. The van der Waals surface area contributed by atoms with Crippen LogP contribution in [0, 0.1) is 0 Å². The van der Waals surface area contributed by atoms with Crippen molar-refractivity contribution in [3.63, 3.8) is 0 Å². The van der Waals surface area contributed by atoms with Crippen LogP contribution in [0.1, 0.15) is 34.1 Å². The topological polar surface area (TPSA) is 88.1 Å². The van der Waals surface area contributed by atoms with Crippen molar-refractivity contribution in [1.82, 2.24) is 10.2 Å². The van der Waals surface area contributed by atoms with E-state index in [4.69, 9.17) is 14.6 Å². The fraction of sp³-hybridized carbons (Fsp3) is 0.846. The van der Waals surface area contributed by atoms with Crippen molar-refractivity contribution < 1.29 is 24.2 Å². The molecular formula is C13H24N2O5. The number of ether oxygens (including phenoxy) is 2. The molecular weight excluding hydrogens is 264 g/mol. The maximum absolute atomic E-state index is 11.8. The van der Waals surface area contributed by atoms with Crippen molar-refractivity contribution >= 4 is 12.2 Å². The summed E-state index contributed by atoms with van der Waals surface area (Å²) in [6, 6.07) is -0.394. The summed E-state index contributed by atoms with van der Waals surface area (Å²) in [5.41, 5.74) is -0.591. The molecule has 7 nitrogen and oxygen atoms in total. The van der Waals surface area contributed by atoms with Crippen molar-refractivity contribution in [3.8, 4) is 0 Å². The lowest BCUT2D eigenvalue weighted by molar-refractivity contribution is -0.0134. The van der Waals surface area contributed by atoms with Crippen LogP contribution in [0.5, 0.6) is 0 Å². The van der Waals surface area contributed by atoms with Crippen LogP contribution in [-0.2, 0) is 9.47 Å². The van der Waals surface area contributed by atoms with Crippen molar-refractivity contribution in [2.24, 2.45) is 0 Å². The predicted octanol–water partition coefficient (Wildman–Crippen LogP) is 1.67. The van der Waals surface area contributed by atoms with Gasteiger partial charge in [-0.3, -0.25) is 0 Å². The predicted molar refractivity (Wildman–Crippen MR) is 72.8 cm³/mol. The molecule has 116 valence electrons. The average Bonchev–Trinajstić information content (AvgIpc) is 2.28. The minimum Gasteiger partial charge on any atom is -0.465 e. The van der Waals surface area contributed by atoms with Crippen LogP contribution in [0.15, 0.2) is 0 Å². The first-order valence-corrected chi connectivity index (χ1v) is 6.82. The number of hydrogen-bond donors (Lipinski definition) is 2. The number of nitrogens with one attached hydrogen (secondary N) is 1. The first-order valence-electron chi connectivity index (χ1n) is 6.82. The Morgan fingerprint density at radius 3 is 2.55 bits per heavy atom. The van der Waals surface area contributed by atoms with Crippen molar-refractivity contribution in [2.45, 2.75) is 51.9 Å². The van der Waals surface area contributed by atoms with Gasteiger partial charge in [0.2, 0.25) is 0 Å². The molecule has 0 aliphatic carbocycles. The molecule has 1 aliphatic heterocycles. The minimum absolute atomic E-state index is 0.192. The molecule has 0 bridgehead atoms. The minimum atomic E-state index is -0.990. The molecule has 2 N–H and O–H groups in total. The van der Waals surface area contributed by atoms with Gasteiger partial charge >= 0.3 is 12.2 Å². The summed E-state index contributed by atoms with van der Waals surface area (Å²) in [6.45, 7) is 8.33. The van der Waals surface area contributed by atoms with Gasteiger partial charge in [-0.25, -0.2) is 9.59 Å². The number of piperidine rings is 1. The maximum Gasteiger partial charge on any atom is 0.408 e. The van der Waals surface area contributed by atoms with Gasteiger partial charge in [-0.15, -0.1) is 0 Å². The summed E-state index contributed by atoms with van der Waals surface area (Å²) < 4.78 is 10.8. The number of likely N-dealkylation sites (tertiary alicyclic amines) is 1. The van der Waals surface area contributed by atoms with E-state index in [2.05, 4.69) is 5.32 Å². The second-order valence-corrected chi connectivity index (χ2v) is 5.76. The highest BCUT2D eigenvalue weighted by Crippen LogP contribution is 2.16. The zero-order chi connectivity index (χ0) is 15.3. The van der Waals surface area contributed by atoms with E-state index in [9.17, 15) is 9.59 Å². The lowest BCUT2D eigenvalue weighted by Crippen LogP contribution is -2.57. The number of carbonyl (C=O) groups is 2. The number of hydrogen-bond acceptors (Lipinski definition) is 4. The Labute approximate surface area is 119 Å². The molecule has 1 heterocycles. The van der Waals surface area contributed by atoms with Crippen LogP contribution in [0.4, 0.5) is 9.59 Å². The lowest BCUT2D eigenvalue weighted by atomic mass is 10.0. The standard InChI is InChI=1S/C13H24N2O5/c1-5-19-10-6-7-15(12(17)18)8-9(10)14-11(16)20-13(2,3)4/h9-10H,5-8H2,1-4H3,(H,14,16)(H,17,18)/t9-,10-/m0/s1. The highest BCUT2D eigenvalue weighted by atomic mass is 16.6. The Morgan fingerprint density at radius 2 is 2.05 bits per heavy atom. The average molecular weight is 288 g/mol. The van der Waals surface area contributed by atoms with E-state index < -0.39 is 23.8 Å². The first-order chi connectivity index (χ1) is 9.23. The van der Waals surface area contributed by atoms with E-state index in [-0.39, 0.29) is 12.6 Å². The molecule has 1 aliphatic rings. The van der Waals surface area contributed by atoms with Crippen LogP contribution in [-0.4, -0.2) is 59.6 Å². The summed E-state index contributed by atoms with van der Waals surface area (Å²) in [5, 5.41) is 11.7. The van der Waals surface area contributed by atoms with Crippen molar-refractivity contribution in [2.75, 3.05) is 19.7 Å². The Hall–Kier alpha value is -1.50. The first kappa shape index (κ1) is 16.6. The molecule has 0 aromatic rings. The molecule has 1 fully saturated rings. The maximum atomic E-state index is 11.8. The van der Waals surface area contributed by atoms with Crippen molar-refractivity contribution in [3.05, 3.63) is 0 Å². The third kappa shape index (κ3) is 5.24. The molecule has 0 radical (unpaired) electrons. The summed E-state index contributed by atoms with van der Waals surface area (Å²) in [7, 11) is 0. The van der Waals surface area contributed by atoms with Gasteiger partial charge in [0, 0.05) is 19.7 Å². The molecule has 2 atom stereocenters. The van der Waals surface area contributed by atoms with Gasteiger partial charge in [0.25, 0.3) is 0 Å². The van der Waals surface area contributed by atoms with Gasteiger partial charge in [0.05, 0.1) is 12.1 Å². The third-order valence-corrected chi connectivity index (χ3v) is 2.90. The van der Waals surface area contributed by atoms with Crippen LogP contribution in [0.3, 0.4) is 0 Å². The number of amides is 2. The molecule has 1 rings (SSSR count). The van der Waals surface area contributed by atoms with Gasteiger partial charge < -0.3 is 24.8 Å². The monoisotopic (exact) mass is 288 g/mol. The van der Waals surface area contributed by atoms with Crippen LogP contribution in [0.25, 0.3) is 0 Å². The molecule has 2 amide bonds. The zero-order valence-corrected chi connectivity index (χ0v) is 12.5. The normalized spacial score (nSPS) is 23.3. The van der Waals surface area contributed by atoms with E-state index in [1.54, 1.807) is 20.8 Å². The SMILES string of the molecule is CCO[C@H]1CCN(C(=O)O)C[C@@H]1NC(=O)OC(C)(C)C. The van der Waals surface area contributed by atoms with Crippen LogP contribution < -0.4 is 5.32 Å². The number of rotatable bonds is 3. The van der Waals surface area contributed by atoms with E-state index in [0.29, 0.717) is 19.6 Å². The highest BCUT2D eigenvalue weighted by molar-refractivity contribution is 5.69. The number of carboxylic acid groups (broad SMARTS) is 1. The van der Waals surface area contributed by atoms with Gasteiger partial charge in [0.15, 0.2) is 0 Å². The second kappa shape index (κ2) is 6.78. The Morgan fingerprint density at radius 1 is 1.40 bits per heavy atom. The van der Waals surface area contributed by atoms with E-state index >= 15 is 0 Å². The fourth-order valence-electron chi connectivity index (χ4n) is 2.12. The molecule has 0 saturated carbocycles. The van der Waals surface area contributed by atoms with Gasteiger partial charge in [-0.1, -0.05) is 0 Å². The summed E-state index contributed by atoms with van der Waals surface area (Å²) in [4.78, 5) is 24.1. The van der Waals surface area contributed by atoms with E-state index in [1.165, 1.54) is 4.90 Å². The number of alkyl carbamates (subject to hydrolysis) is 1. The summed E-state index contributed by atoms with van der Waals surface area (Å²) >= 11 is 0. The van der Waals surface area contributed by atoms with Gasteiger partial charge in [0.1, 0.15) is 5.60 Å². The van der Waals surface area contributed by atoms with Gasteiger partial charge in [-0.2, -0.15) is 0 Å². The zero-order valence-electron chi connectivity index (χ0n) is 12.5. The Kier molecular flexibility index (Phi) is 5.62. The Balaban J connectivity index is 2.64. The molecule has 0 aromatic heterocycles. The van der Waals surface area contributed by atoms with E-state index in [0.717, 1.165) is 0 Å². The lowest BCUT2D eigenvalue weighted by Gasteiger charge is -2.37. The molecule has 20 heavy (non-hydrogen) atoms. The van der Waals surface area contributed by atoms with Crippen LogP contribution in [0.2, 0.25) is 0 Å². The highest BCUT2D eigenvalue weighted by Gasteiger charge is 2.33. The summed E-state index contributed by atoms with van der Waals surface area (Å²) in [5.74, 6) is 0. The molecule has 0 unspecified atom stereocenters. The fourth-order valence-corrected chi connectivity index (χ4v) is 2.12. The van der Waals surface area contributed by atoms with E-state index in [1.807, 2.05) is 6.92 Å². The summed E-state index contributed by atoms with van der Waals surface area (Å²) in [6.07, 6.45) is -1.18.